The lowest BCUT2D eigenvalue weighted by molar-refractivity contribution is 0.102. The third-order valence-electron chi connectivity index (χ3n) is 4.28. The number of anilines is 1. The number of para-hydroxylation sites is 1. The van der Waals surface area contributed by atoms with E-state index < -0.39 is 0 Å². The Balaban J connectivity index is 1.46. The molecule has 6 heteroatoms. The highest BCUT2D eigenvalue weighted by Crippen LogP contribution is 2.17. The first-order valence-electron chi connectivity index (χ1n) is 8.71. The van der Waals surface area contributed by atoms with Crippen molar-refractivity contribution in [1.29, 1.82) is 0 Å². The molecule has 2 heterocycles. The predicted octanol–water partition coefficient (Wildman–Crippen LogP) is 3.43. The average molecular weight is 357 g/mol. The van der Waals surface area contributed by atoms with E-state index in [9.17, 15) is 4.79 Å². The molecule has 0 aliphatic carbocycles. The molecule has 134 valence electrons. The second-order valence-electron chi connectivity index (χ2n) is 6.22. The van der Waals surface area contributed by atoms with Crippen molar-refractivity contribution in [2.24, 2.45) is 0 Å². The molecule has 0 saturated heterocycles. The number of carbonyl (C=O) groups excluding carboxylic acids is 1. The molecule has 0 spiro atoms. The molecule has 2 aromatic heterocycles. The normalized spacial score (nSPS) is 10.7. The Labute approximate surface area is 157 Å². The largest absolute Gasteiger partial charge is 0.322 e. The van der Waals surface area contributed by atoms with Crippen molar-refractivity contribution in [2.45, 2.75) is 13.1 Å². The lowest BCUT2D eigenvalue weighted by atomic mass is 10.1. The fraction of sp³-hybridized carbons (Fsp3) is 0.0952. The number of amides is 1. The highest BCUT2D eigenvalue weighted by atomic mass is 16.1. The molecule has 0 bridgehead atoms. The van der Waals surface area contributed by atoms with Crippen LogP contribution in [0.25, 0.3) is 0 Å². The lowest BCUT2D eigenvalue weighted by Gasteiger charge is -2.11. The minimum Gasteiger partial charge on any atom is -0.322 e. The number of rotatable bonds is 6. The zero-order chi connectivity index (χ0) is 18.5. The highest BCUT2D eigenvalue weighted by Gasteiger charge is 2.10. The SMILES string of the molecule is O=C(Nc1ccccc1Cn1cccn1)c1ccc(Cn2cccn2)cc1. The van der Waals surface area contributed by atoms with Gasteiger partial charge in [0.15, 0.2) is 0 Å². The molecule has 4 aromatic rings. The fourth-order valence-corrected chi connectivity index (χ4v) is 2.89. The molecule has 0 atom stereocenters. The summed E-state index contributed by atoms with van der Waals surface area (Å²) < 4.78 is 3.68. The number of nitrogens with one attached hydrogen (secondary N) is 1. The molecule has 27 heavy (non-hydrogen) atoms. The number of hydrogen-bond acceptors (Lipinski definition) is 3. The van der Waals surface area contributed by atoms with Gasteiger partial charge in [0, 0.05) is 36.0 Å². The molecule has 0 radical (unpaired) electrons. The molecular formula is C21H19N5O. The maximum Gasteiger partial charge on any atom is 0.255 e. The highest BCUT2D eigenvalue weighted by molar-refractivity contribution is 6.04. The Kier molecular flexibility index (Phi) is 4.78. The smallest absolute Gasteiger partial charge is 0.255 e. The first kappa shape index (κ1) is 16.8. The van der Waals surface area contributed by atoms with Gasteiger partial charge >= 0.3 is 0 Å². The fourth-order valence-electron chi connectivity index (χ4n) is 2.89. The van der Waals surface area contributed by atoms with Crippen LogP contribution in [0.4, 0.5) is 5.69 Å². The minimum atomic E-state index is -0.131. The van der Waals surface area contributed by atoms with E-state index in [2.05, 4.69) is 15.5 Å². The number of nitrogens with zero attached hydrogens (tertiary/aromatic N) is 4. The van der Waals surface area contributed by atoms with E-state index in [4.69, 9.17) is 0 Å². The van der Waals surface area contributed by atoms with Crippen LogP contribution in [0.15, 0.2) is 85.5 Å². The van der Waals surface area contributed by atoms with Gasteiger partial charge in [-0.25, -0.2) is 0 Å². The maximum atomic E-state index is 12.6. The molecule has 1 amide bonds. The number of benzene rings is 2. The zero-order valence-corrected chi connectivity index (χ0v) is 14.7. The molecule has 0 aliphatic heterocycles. The van der Waals surface area contributed by atoms with Crippen LogP contribution in [0.5, 0.6) is 0 Å². The van der Waals surface area contributed by atoms with Gasteiger partial charge in [-0.2, -0.15) is 10.2 Å². The molecule has 2 aromatic carbocycles. The van der Waals surface area contributed by atoms with E-state index >= 15 is 0 Å². The first-order chi connectivity index (χ1) is 13.3. The minimum absolute atomic E-state index is 0.131. The second kappa shape index (κ2) is 7.70. The van der Waals surface area contributed by atoms with E-state index in [-0.39, 0.29) is 5.91 Å². The number of hydrogen-bond donors (Lipinski definition) is 1. The summed E-state index contributed by atoms with van der Waals surface area (Å²) in [6.07, 6.45) is 7.31. The Morgan fingerprint density at radius 1 is 0.815 bits per heavy atom. The quantitative estimate of drug-likeness (QED) is 0.575. The van der Waals surface area contributed by atoms with Gasteiger partial charge in [-0.15, -0.1) is 0 Å². The molecule has 0 aliphatic rings. The van der Waals surface area contributed by atoms with Crippen LogP contribution in [0.2, 0.25) is 0 Å². The van der Waals surface area contributed by atoms with Crippen LogP contribution in [0.1, 0.15) is 21.5 Å². The number of carbonyl (C=O) groups is 1. The number of aromatic nitrogens is 4. The summed E-state index contributed by atoms with van der Waals surface area (Å²) in [5.41, 5.74) is 3.51. The molecule has 0 fully saturated rings. The van der Waals surface area contributed by atoms with Gasteiger partial charge in [0.25, 0.3) is 5.91 Å². The predicted molar refractivity (Wildman–Crippen MR) is 103 cm³/mol. The summed E-state index contributed by atoms with van der Waals surface area (Å²) in [5.74, 6) is -0.131. The van der Waals surface area contributed by atoms with Gasteiger partial charge in [0.1, 0.15) is 0 Å². The van der Waals surface area contributed by atoms with Crippen molar-refractivity contribution >= 4 is 11.6 Å². The van der Waals surface area contributed by atoms with Crippen molar-refractivity contribution in [3.05, 3.63) is 102 Å². The van der Waals surface area contributed by atoms with Crippen molar-refractivity contribution in [3.8, 4) is 0 Å². The van der Waals surface area contributed by atoms with E-state index in [0.29, 0.717) is 18.7 Å². The Bertz CT molecular complexity index is 1010. The van der Waals surface area contributed by atoms with Gasteiger partial charge in [-0.3, -0.25) is 14.2 Å². The summed E-state index contributed by atoms with van der Waals surface area (Å²) in [7, 11) is 0. The molecule has 4 rings (SSSR count). The monoisotopic (exact) mass is 357 g/mol. The standard InChI is InChI=1S/C21H19N5O/c27-21(18-9-7-17(8-10-18)15-25-13-3-11-22-25)24-20-6-2-1-5-19(20)16-26-14-4-12-23-26/h1-14H,15-16H2,(H,24,27). The van der Waals surface area contributed by atoms with E-state index in [0.717, 1.165) is 16.8 Å². The third kappa shape index (κ3) is 4.12. The Morgan fingerprint density at radius 3 is 2.15 bits per heavy atom. The summed E-state index contributed by atoms with van der Waals surface area (Å²) in [6, 6.07) is 19.1. The summed E-state index contributed by atoms with van der Waals surface area (Å²) in [5, 5.41) is 11.4. The second-order valence-corrected chi connectivity index (χ2v) is 6.22. The molecule has 0 unspecified atom stereocenters. The van der Waals surface area contributed by atoms with E-state index in [1.165, 1.54) is 0 Å². The summed E-state index contributed by atoms with van der Waals surface area (Å²) in [6.45, 7) is 1.29. The van der Waals surface area contributed by atoms with Crippen molar-refractivity contribution in [1.82, 2.24) is 19.6 Å². The first-order valence-corrected chi connectivity index (χ1v) is 8.71. The van der Waals surface area contributed by atoms with E-state index in [1.807, 2.05) is 82.4 Å². The molecular weight excluding hydrogens is 338 g/mol. The Hall–Kier alpha value is -3.67. The molecule has 0 saturated carbocycles. The zero-order valence-electron chi connectivity index (χ0n) is 14.7. The van der Waals surface area contributed by atoms with Crippen LogP contribution < -0.4 is 5.32 Å². The van der Waals surface area contributed by atoms with Gasteiger partial charge < -0.3 is 5.32 Å². The van der Waals surface area contributed by atoms with Gasteiger partial charge in [0.2, 0.25) is 0 Å². The summed E-state index contributed by atoms with van der Waals surface area (Å²) >= 11 is 0. The Morgan fingerprint density at radius 2 is 1.48 bits per heavy atom. The van der Waals surface area contributed by atoms with E-state index in [1.54, 1.807) is 12.4 Å². The van der Waals surface area contributed by atoms with Crippen LogP contribution >= 0.6 is 0 Å². The van der Waals surface area contributed by atoms with Gasteiger partial charge in [-0.1, -0.05) is 30.3 Å². The van der Waals surface area contributed by atoms with Crippen molar-refractivity contribution < 1.29 is 4.79 Å². The van der Waals surface area contributed by atoms with Crippen molar-refractivity contribution in [3.63, 3.8) is 0 Å². The average Bonchev–Trinajstić information content (AvgIpc) is 3.38. The summed E-state index contributed by atoms with van der Waals surface area (Å²) in [4.78, 5) is 12.6. The van der Waals surface area contributed by atoms with Gasteiger partial charge in [0.05, 0.1) is 13.1 Å². The third-order valence-corrected chi connectivity index (χ3v) is 4.28. The van der Waals surface area contributed by atoms with Crippen molar-refractivity contribution in [2.75, 3.05) is 5.32 Å². The van der Waals surface area contributed by atoms with Crippen LogP contribution in [-0.4, -0.2) is 25.5 Å². The maximum absolute atomic E-state index is 12.6. The van der Waals surface area contributed by atoms with Crippen LogP contribution in [0, 0.1) is 0 Å². The van der Waals surface area contributed by atoms with Gasteiger partial charge in [-0.05, 0) is 41.5 Å². The molecule has 1 N–H and O–H groups in total. The lowest BCUT2D eigenvalue weighted by Crippen LogP contribution is -2.14. The van der Waals surface area contributed by atoms with Crippen LogP contribution in [-0.2, 0) is 13.1 Å². The topological polar surface area (TPSA) is 64.7 Å². The molecule has 6 nitrogen and oxygen atoms in total. The van der Waals surface area contributed by atoms with Crippen LogP contribution in [0.3, 0.4) is 0 Å².